The molecule has 1 aliphatic carbocycles. The van der Waals surface area contributed by atoms with Crippen LogP contribution < -0.4 is 0 Å². The van der Waals surface area contributed by atoms with Crippen molar-refractivity contribution >= 4 is 22.6 Å². The van der Waals surface area contributed by atoms with E-state index in [1.54, 1.807) is 5.56 Å². The summed E-state index contributed by atoms with van der Waals surface area (Å²) in [4.78, 5) is 0. The maximum atomic E-state index is 2.45. The highest BCUT2D eigenvalue weighted by Gasteiger charge is 2.21. The first kappa shape index (κ1) is 8.54. The number of rotatable bonds is 1. The van der Waals surface area contributed by atoms with E-state index in [-0.39, 0.29) is 0 Å². The van der Waals surface area contributed by atoms with Gasteiger partial charge in [-0.15, -0.1) is 0 Å². The molecule has 2 rings (SSSR count). The third-order valence-corrected chi connectivity index (χ3v) is 3.68. The molecule has 1 aliphatic rings. The highest BCUT2D eigenvalue weighted by molar-refractivity contribution is 14.1. The molecule has 0 saturated heterocycles. The Kier molecular flexibility index (Phi) is 2.40. The average Bonchev–Trinajstić information content (AvgIpc) is 1.93. The zero-order valence-corrected chi connectivity index (χ0v) is 9.47. The SMILES string of the molecule is Cc1ccc(I)c(C2CCC2)c1. The minimum atomic E-state index is 0.872. The first-order chi connectivity index (χ1) is 5.77. The average molecular weight is 272 g/mol. The third-order valence-electron chi connectivity index (χ3n) is 2.70. The topological polar surface area (TPSA) is 0 Å². The van der Waals surface area contributed by atoms with Crippen LogP contribution in [0.5, 0.6) is 0 Å². The van der Waals surface area contributed by atoms with Crippen LogP contribution in [-0.2, 0) is 0 Å². The number of hydrogen-bond donors (Lipinski definition) is 0. The van der Waals surface area contributed by atoms with Gasteiger partial charge in [0.2, 0.25) is 0 Å². The lowest BCUT2D eigenvalue weighted by Crippen LogP contribution is -2.10. The summed E-state index contributed by atoms with van der Waals surface area (Å²) in [5, 5.41) is 0. The maximum Gasteiger partial charge on any atom is 0.0165 e. The molecule has 1 saturated carbocycles. The predicted octanol–water partition coefficient (Wildman–Crippen LogP) is 3.87. The van der Waals surface area contributed by atoms with Crippen LogP contribution in [0.2, 0.25) is 0 Å². The maximum absolute atomic E-state index is 2.45. The first-order valence-corrected chi connectivity index (χ1v) is 5.61. The molecule has 0 aliphatic heterocycles. The molecule has 0 radical (unpaired) electrons. The third kappa shape index (κ3) is 1.51. The monoisotopic (exact) mass is 272 g/mol. The van der Waals surface area contributed by atoms with Crippen molar-refractivity contribution in [3.63, 3.8) is 0 Å². The van der Waals surface area contributed by atoms with Gasteiger partial charge in [0.25, 0.3) is 0 Å². The molecule has 0 nitrogen and oxygen atoms in total. The lowest BCUT2D eigenvalue weighted by molar-refractivity contribution is 0.418. The first-order valence-electron chi connectivity index (χ1n) is 4.53. The van der Waals surface area contributed by atoms with Gasteiger partial charge in [-0.25, -0.2) is 0 Å². The van der Waals surface area contributed by atoms with Crippen molar-refractivity contribution in [3.8, 4) is 0 Å². The normalized spacial score (nSPS) is 17.5. The molecule has 1 aromatic rings. The Balaban J connectivity index is 2.34. The number of hydrogen-bond acceptors (Lipinski definition) is 0. The lowest BCUT2D eigenvalue weighted by atomic mass is 9.80. The number of aryl methyl sites for hydroxylation is 1. The van der Waals surface area contributed by atoms with E-state index < -0.39 is 0 Å². The van der Waals surface area contributed by atoms with Gasteiger partial charge in [-0.1, -0.05) is 24.1 Å². The zero-order chi connectivity index (χ0) is 8.55. The van der Waals surface area contributed by atoms with Crippen molar-refractivity contribution in [3.05, 3.63) is 32.9 Å². The molecular formula is C11H13I. The van der Waals surface area contributed by atoms with Gasteiger partial charge in [-0.2, -0.15) is 0 Å². The molecule has 0 aromatic heterocycles. The van der Waals surface area contributed by atoms with Gasteiger partial charge in [0, 0.05) is 3.57 Å². The summed E-state index contributed by atoms with van der Waals surface area (Å²) in [5.74, 6) is 0.872. The highest BCUT2D eigenvalue weighted by atomic mass is 127. The van der Waals surface area contributed by atoms with Crippen molar-refractivity contribution in [2.45, 2.75) is 32.1 Å². The van der Waals surface area contributed by atoms with E-state index in [1.165, 1.54) is 28.4 Å². The minimum Gasteiger partial charge on any atom is -0.0583 e. The van der Waals surface area contributed by atoms with Crippen LogP contribution in [0.3, 0.4) is 0 Å². The van der Waals surface area contributed by atoms with Gasteiger partial charge in [0.1, 0.15) is 0 Å². The fourth-order valence-corrected chi connectivity index (χ4v) is 2.47. The van der Waals surface area contributed by atoms with Crippen molar-refractivity contribution in [1.29, 1.82) is 0 Å². The molecule has 12 heavy (non-hydrogen) atoms. The molecule has 0 atom stereocenters. The van der Waals surface area contributed by atoms with E-state index in [0.717, 1.165) is 5.92 Å². The summed E-state index contributed by atoms with van der Waals surface area (Å²) in [6.07, 6.45) is 4.23. The minimum absolute atomic E-state index is 0.872. The van der Waals surface area contributed by atoms with Gasteiger partial charge < -0.3 is 0 Å². The molecule has 64 valence electrons. The zero-order valence-electron chi connectivity index (χ0n) is 7.31. The van der Waals surface area contributed by atoms with Crippen LogP contribution in [0.15, 0.2) is 18.2 Å². The Bertz CT molecular complexity index is 287. The smallest absolute Gasteiger partial charge is 0.0165 e. The molecule has 0 N–H and O–H groups in total. The Morgan fingerprint density at radius 2 is 2.08 bits per heavy atom. The summed E-state index contributed by atoms with van der Waals surface area (Å²) < 4.78 is 1.45. The molecular weight excluding hydrogens is 259 g/mol. The van der Waals surface area contributed by atoms with Crippen LogP contribution in [0, 0.1) is 10.5 Å². The largest absolute Gasteiger partial charge is 0.0583 e. The van der Waals surface area contributed by atoms with Crippen molar-refractivity contribution in [2.75, 3.05) is 0 Å². The van der Waals surface area contributed by atoms with E-state index in [2.05, 4.69) is 47.7 Å². The Labute approximate surface area is 87.5 Å². The highest BCUT2D eigenvalue weighted by Crippen LogP contribution is 2.38. The van der Waals surface area contributed by atoms with E-state index in [4.69, 9.17) is 0 Å². The number of halogens is 1. The summed E-state index contributed by atoms with van der Waals surface area (Å²) >= 11 is 2.45. The number of benzene rings is 1. The van der Waals surface area contributed by atoms with E-state index in [9.17, 15) is 0 Å². The van der Waals surface area contributed by atoms with Gasteiger partial charge in [-0.05, 0) is 59.9 Å². The fourth-order valence-electron chi connectivity index (χ4n) is 1.70. The van der Waals surface area contributed by atoms with Crippen LogP contribution in [-0.4, -0.2) is 0 Å². The van der Waals surface area contributed by atoms with Gasteiger partial charge in [0.05, 0.1) is 0 Å². The van der Waals surface area contributed by atoms with Crippen molar-refractivity contribution < 1.29 is 0 Å². The van der Waals surface area contributed by atoms with Crippen LogP contribution in [0.4, 0.5) is 0 Å². The quantitative estimate of drug-likeness (QED) is 0.681. The van der Waals surface area contributed by atoms with Crippen LogP contribution >= 0.6 is 22.6 Å². The second-order valence-electron chi connectivity index (χ2n) is 3.65. The molecule has 1 fully saturated rings. The predicted molar refractivity (Wildman–Crippen MR) is 60.5 cm³/mol. The van der Waals surface area contributed by atoms with E-state index in [0.29, 0.717) is 0 Å². The van der Waals surface area contributed by atoms with Gasteiger partial charge in [-0.3, -0.25) is 0 Å². The Morgan fingerprint density at radius 3 is 2.67 bits per heavy atom. The standard InChI is InChI=1S/C11H13I/c1-8-5-6-11(12)10(7-8)9-3-2-4-9/h5-7,9H,2-4H2,1H3. The summed E-state index contributed by atoms with van der Waals surface area (Å²) in [5.41, 5.74) is 2.99. The molecule has 1 heteroatoms. The molecule has 1 aromatic carbocycles. The summed E-state index contributed by atoms with van der Waals surface area (Å²) in [6.45, 7) is 2.18. The van der Waals surface area contributed by atoms with E-state index >= 15 is 0 Å². The van der Waals surface area contributed by atoms with Crippen molar-refractivity contribution in [1.82, 2.24) is 0 Å². The Morgan fingerprint density at radius 1 is 1.33 bits per heavy atom. The molecule has 0 bridgehead atoms. The lowest BCUT2D eigenvalue weighted by Gasteiger charge is -2.27. The second kappa shape index (κ2) is 3.36. The van der Waals surface area contributed by atoms with Gasteiger partial charge in [0.15, 0.2) is 0 Å². The summed E-state index contributed by atoms with van der Waals surface area (Å²) in [7, 11) is 0. The van der Waals surface area contributed by atoms with Crippen molar-refractivity contribution in [2.24, 2.45) is 0 Å². The Hall–Kier alpha value is -0.0500. The second-order valence-corrected chi connectivity index (χ2v) is 4.81. The van der Waals surface area contributed by atoms with E-state index in [1.807, 2.05) is 0 Å². The fraction of sp³-hybridized carbons (Fsp3) is 0.455. The molecule has 0 heterocycles. The molecule has 0 spiro atoms. The molecule has 0 amide bonds. The molecule has 0 unspecified atom stereocenters. The van der Waals surface area contributed by atoms with Gasteiger partial charge >= 0.3 is 0 Å². The van der Waals surface area contributed by atoms with Crippen LogP contribution in [0.25, 0.3) is 0 Å². The summed E-state index contributed by atoms with van der Waals surface area (Å²) in [6, 6.07) is 6.79. The van der Waals surface area contributed by atoms with Crippen LogP contribution in [0.1, 0.15) is 36.3 Å².